The summed E-state index contributed by atoms with van der Waals surface area (Å²) in [7, 11) is 0. The standard InChI is InChI=1S/C27H25NO4.C24H20FNO4.C24H20N2O4.C24H21NO4.C23H20N2O2/c28-15-17-4-3-6-20(10-17)23-12-18(11-22-13-25(19-8-9-19)32-27(22)23)16-31-24-7-2-1-5-21(24)14-26(29)30;25-23-18(13-26)5-3-6-19(23)20-11-15(10-17-8-9-29-24(17)20)14-30-21-7-2-1-4-16(21)12-22(27)28;25-14-15-4-3-6-16(10-15)20-12-19(11-18-8-9-30-23(18)20)24(29)26-21-7-2-1-5-17(21)13-22(27)28;25-14-16-4-3-6-18(10-16)21-12-17(11-20-8-9-28-24(20)21)15-29-22-7-2-1-5-19(22)13-23(26)27;24-14-15-4-3-5-17(10-15)20-12-16(11-18-8-9-27-23(18)20)13-22(26)19-6-1-2-7-21(19)25/h1-7,10-13,19H,8-9,14-16,28H2,(H,29,30);1-11H,12-14,26H2,(H,27,28);1-12H,13-14,25H2,(H,26,29)(H,27,28);1-12H,13-15,25H2,(H,26,27);1-12H,13-14,24-25H2. The molecule has 0 spiro atoms. The quantitative estimate of drug-likeness (QED) is 0.0134. The van der Waals surface area contributed by atoms with E-state index < -0.39 is 23.9 Å². The van der Waals surface area contributed by atoms with Crippen LogP contribution in [-0.2, 0) is 104 Å². The van der Waals surface area contributed by atoms with Gasteiger partial charge in [0.15, 0.2) is 5.78 Å². The van der Waals surface area contributed by atoms with Crippen molar-refractivity contribution < 1.29 is 89.9 Å². The summed E-state index contributed by atoms with van der Waals surface area (Å²) in [4.78, 5) is 70.2. The molecule has 1 amide bonds. The first-order chi connectivity index (χ1) is 72.0. The fourth-order valence-corrected chi connectivity index (χ4v) is 17.8. The second kappa shape index (κ2) is 47.4. The molecule has 5 aromatic heterocycles. The summed E-state index contributed by atoms with van der Waals surface area (Å²) in [6.45, 7) is 2.79. The first-order valence-corrected chi connectivity index (χ1v) is 48.0. The Labute approximate surface area is 850 Å². The second-order valence-corrected chi connectivity index (χ2v) is 35.7. The molecule has 1 aliphatic carbocycles. The van der Waals surface area contributed by atoms with E-state index in [1.54, 1.807) is 140 Å². The van der Waals surface area contributed by atoms with Gasteiger partial charge in [-0.1, -0.05) is 176 Å². The van der Waals surface area contributed by atoms with Gasteiger partial charge in [0, 0.05) is 150 Å². The van der Waals surface area contributed by atoms with Crippen molar-refractivity contribution in [2.24, 2.45) is 28.7 Å². The SMILES string of the molecule is NCc1cccc(-c2cc(C(=O)Nc3ccccc3CC(=O)O)cc3ccoc23)c1.NCc1cccc(-c2cc(CC(=O)c3ccccc3N)cc3ccoc23)c1.NCc1cccc(-c2cc(COc3ccccc3CC(=O)O)cc3cc(C4CC4)oc23)c1.NCc1cccc(-c2cc(COc3ccccc3CC(=O)O)cc3ccoc23)c1.NCc1cccc(-c2cc(COc3ccccc3CC(=O)O)cc3ccoc23)c1F. The number of para-hydroxylation sites is 5. The molecule has 21 rings (SSSR count). The highest BCUT2D eigenvalue weighted by molar-refractivity contribution is 6.10. The fraction of sp³-hybridized carbons (Fsp3) is 0.131. The van der Waals surface area contributed by atoms with Gasteiger partial charge in [-0.2, -0.15) is 0 Å². The lowest BCUT2D eigenvalue weighted by atomic mass is 9.95. The minimum atomic E-state index is -0.960. The van der Waals surface area contributed by atoms with Crippen LogP contribution in [0.2, 0.25) is 0 Å². The monoisotopic (exact) mass is 1980 g/mol. The van der Waals surface area contributed by atoms with Crippen LogP contribution in [-0.4, -0.2) is 56.0 Å². The maximum absolute atomic E-state index is 14.9. The molecule has 0 atom stereocenters. The van der Waals surface area contributed by atoms with E-state index in [2.05, 4.69) is 47.8 Å². The Balaban J connectivity index is 0.000000126. The number of fused-ring (bicyclic) bond motifs is 5. The molecule has 5 heterocycles. The Bertz CT molecular complexity index is 8250. The van der Waals surface area contributed by atoms with Crippen LogP contribution in [0.4, 0.5) is 15.8 Å². The van der Waals surface area contributed by atoms with E-state index >= 15 is 0 Å². The number of furan rings is 5. The summed E-state index contributed by atoms with van der Waals surface area (Å²) in [5, 5.41) is 43.9. The van der Waals surface area contributed by atoms with Gasteiger partial charge >= 0.3 is 23.9 Å². The summed E-state index contributed by atoms with van der Waals surface area (Å²) >= 11 is 0. The molecule has 0 radical (unpaired) electrons. The van der Waals surface area contributed by atoms with Crippen molar-refractivity contribution in [1.82, 2.24) is 0 Å². The molecule has 25 nitrogen and oxygen atoms in total. The van der Waals surface area contributed by atoms with Crippen LogP contribution < -0.4 is 53.9 Å². The maximum Gasteiger partial charge on any atom is 0.307 e. The van der Waals surface area contributed by atoms with E-state index in [9.17, 15) is 38.3 Å². The molecule has 0 saturated heterocycles. The Morgan fingerprint density at radius 1 is 0.318 bits per heavy atom. The summed E-state index contributed by atoms with van der Waals surface area (Å²) in [5.41, 5.74) is 60.1. The highest BCUT2D eigenvalue weighted by Gasteiger charge is 2.29. The molecule has 0 unspecified atom stereocenters. The number of carbonyl (C=O) groups excluding carboxylic acids is 2. The molecule has 0 bridgehead atoms. The number of Topliss-reactive ketones (excluding diaryl/α,β-unsaturated/α-hetero) is 1. The largest absolute Gasteiger partial charge is 0.489 e. The first-order valence-electron chi connectivity index (χ1n) is 48.0. The zero-order valence-electron chi connectivity index (χ0n) is 80.5. The minimum Gasteiger partial charge on any atom is -0.489 e. The van der Waals surface area contributed by atoms with Crippen molar-refractivity contribution in [2.45, 2.75) is 103 Å². The van der Waals surface area contributed by atoms with E-state index in [0.29, 0.717) is 135 Å². The third-order valence-corrected chi connectivity index (χ3v) is 25.2. The number of anilines is 2. The molecule has 1 fully saturated rings. The number of aliphatic carboxylic acids is 4. The number of carboxylic acid groups (broad SMARTS) is 4. The van der Waals surface area contributed by atoms with Crippen molar-refractivity contribution in [3.8, 4) is 72.9 Å². The lowest BCUT2D eigenvalue weighted by Gasteiger charge is -2.13. The van der Waals surface area contributed by atoms with Gasteiger partial charge < -0.3 is 96.4 Å². The third-order valence-electron chi connectivity index (χ3n) is 25.2. The van der Waals surface area contributed by atoms with Gasteiger partial charge in [-0.25, -0.2) is 4.39 Å². The maximum atomic E-state index is 14.9. The predicted octanol–water partition coefficient (Wildman–Crippen LogP) is 24.3. The average molecular weight is 1980 g/mol. The van der Waals surface area contributed by atoms with Crippen molar-refractivity contribution in [3.05, 3.63) is 448 Å². The topological polar surface area (TPSA) is 445 Å². The van der Waals surface area contributed by atoms with Crippen molar-refractivity contribution in [3.63, 3.8) is 0 Å². The number of hydrogen-bond donors (Lipinski definition) is 11. The zero-order valence-corrected chi connectivity index (χ0v) is 80.5. The summed E-state index contributed by atoms with van der Waals surface area (Å²) in [5.74, 6) is -1.12. The van der Waals surface area contributed by atoms with Gasteiger partial charge in [0.05, 0.1) is 50.7 Å². The smallest absolute Gasteiger partial charge is 0.307 e. The number of carbonyl (C=O) groups is 6. The Kier molecular flexibility index (Phi) is 32.5. The third kappa shape index (κ3) is 25.0. The number of amides is 1. The van der Waals surface area contributed by atoms with Gasteiger partial charge in [-0.3, -0.25) is 28.8 Å². The average Bonchev–Trinajstić information content (AvgIpc) is 1.62. The van der Waals surface area contributed by atoms with Crippen LogP contribution in [0.15, 0.2) is 375 Å². The molecular formula is C122H106FN7O18. The number of ether oxygens (including phenoxy) is 3. The van der Waals surface area contributed by atoms with Crippen LogP contribution in [0.25, 0.3) is 110 Å². The number of nitrogen functional groups attached to an aromatic ring is 1. The second-order valence-electron chi connectivity index (χ2n) is 35.7. The van der Waals surface area contributed by atoms with Crippen LogP contribution in [0.3, 0.4) is 0 Å². The summed E-state index contributed by atoms with van der Waals surface area (Å²) in [6, 6.07) is 102. The van der Waals surface area contributed by atoms with Crippen LogP contribution in [0, 0.1) is 5.82 Å². The molecule has 20 aromatic rings. The van der Waals surface area contributed by atoms with Gasteiger partial charge in [-0.05, 0) is 237 Å². The molecule has 744 valence electrons. The number of ketones is 1. The minimum absolute atomic E-state index is 0.00222. The highest BCUT2D eigenvalue weighted by Crippen LogP contribution is 2.46. The van der Waals surface area contributed by atoms with Crippen LogP contribution in [0.5, 0.6) is 17.2 Å². The van der Waals surface area contributed by atoms with E-state index in [0.717, 1.165) is 138 Å². The van der Waals surface area contributed by atoms with E-state index in [1.165, 1.54) is 12.8 Å². The van der Waals surface area contributed by atoms with E-state index in [-0.39, 0.29) is 62.8 Å². The first kappa shape index (κ1) is 101. The number of nitrogens with two attached hydrogens (primary N) is 6. The van der Waals surface area contributed by atoms with Crippen LogP contribution in [0.1, 0.15) is 118 Å². The van der Waals surface area contributed by atoms with Crippen molar-refractivity contribution >= 4 is 102 Å². The van der Waals surface area contributed by atoms with E-state index in [1.807, 2.05) is 170 Å². The number of carboxylic acids is 4. The number of nitrogens with one attached hydrogen (secondary N) is 1. The normalized spacial score (nSPS) is 11.5. The molecule has 17 N–H and O–H groups in total. The molecular weight excluding hydrogens is 1870 g/mol. The number of hydrogen-bond acceptors (Lipinski definition) is 20. The number of halogens is 1. The summed E-state index contributed by atoms with van der Waals surface area (Å²) < 4.78 is 61.9. The van der Waals surface area contributed by atoms with Gasteiger partial charge in [0.1, 0.15) is 76.6 Å². The Morgan fingerprint density at radius 2 is 0.676 bits per heavy atom. The van der Waals surface area contributed by atoms with Crippen LogP contribution >= 0.6 is 0 Å². The van der Waals surface area contributed by atoms with Crippen molar-refractivity contribution in [1.29, 1.82) is 0 Å². The number of rotatable bonds is 33. The van der Waals surface area contributed by atoms with Crippen molar-refractivity contribution in [2.75, 3.05) is 11.1 Å². The highest BCUT2D eigenvalue weighted by atomic mass is 19.1. The molecule has 148 heavy (non-hydrogen) atoms. The summed E-state index contributed by atoms with van der Waals surface area (Å²) in [6.07, 6.45) is 8.67. The molecule has 15 aromatic carbocycles. The molecule has 26 heteroatoms. The predicted molar refractivity (Wildman–Crippen MR) is 571 cm³/mol. The van der Waals surface area contributed by atoms with Gasteiger partial charge in [-0.15, -0.1) is 0 Å². The zero-order chi connectivity index (χ0) is 103. The lowest BCUT2D eigenvalue weighted by molar-refractivity contribution is -0.137. The van der Waals surface area contributed by atoms with Gasteiger partial charge in [0.2, 0.25) is 0 Å². The molecule has 1 saturated carbocycles. The lowest BCUT2D eigenvalue weighted by Crippen LogP contribution is -2.14. The fourth-order valence-electron chi connectivity index (χ4n) is 17.8. The number of benzene rings is 15. The Hall–Kier alpha value is -18.1. The molecule has 0 aliphatic heterocycles. The van der Waals surface area contributed by atoms with Gasteiger partial charge in [0.25, 0.3) is 5.91 Å². The molecule has 1 aliphatic rings. The Morgan fingerprint density at radius 3 is 1.11 bits per heavy atom. The van der Waals surface area contributed by atoms with E-state index in [4.69, 9.17) is 86.0 Å².